The van der Waals surface area contributed by atoms with Gasteiger partial charge in [-0.3, -0.25) is 4.79 Å². The van der Waals surface area contributed by atoms with Gasteiger partial charge >= 0.3 is 0 Å². The molecule has 5 aromatic rings. The summed E-state index contributed by atoms with van der Waals surface area (Å²) >= 11 is 0. The Morgan fingerprint density at radius 2 is 1.72 bits per heavy atom. The summed E-state index contributed by atoms with van der Waals surface area (Å²) in [6.07, 6.45) is 6.89. The molecule has 32 heavy (non-hydrogen) atoms. The molecule has 0 saturated heterocycles. The molecule has 5 rings (SSSR count). The summed E-state index contributed by atoms with van der Waals surface area (Å²) in [4.78, 5) is 12.7. The average Bonchev–Trinajstić information content (AvgIpc) is 3.53. The smallest absolute Gasteiger partial charge is 0.209 e. The van der Waals surface area contributed by atoms with E-state index in [4.69, 9.17) is 4.74 Å². The number of nitrogens with zero attached hydrogens (tertiary/aromatic N) is 6. The number of hydrogen-bond donors (Lipinski definition) is 0. The van der Waals surface area contributed by atoms with Gasteiger partial charge in [0.2, 0.25) is 5.43 Å². The lowest BCUT2D eigenvalue weighted by Gasteiger charge is -2.15. The van der Waals surface area contributed by atoms with Gasteiger partial charge in [0, 0.05) is 30.7 Å². The molecular weight excluding hydrogens is 404 g/mol. The molecule has 0 N–H and O–H groups in total. The lowest BCUT2D eigenvalue weighted by atomic mass is 10.2. The lowest BCUT2D eigenvalue weighted by Crippen LogP contribution is -2.15. The first-order chi connectivity index (χ1) is 15.7. The highest BCUT2D eigenvalue weighted by atomic mass is 16.5. The first-order valence-corrected chi connectivity index (χ1v) is 10.2. The van der Waals surface area contributed by atoms with Crippen molar-refractivity contribution in [3.05, 3.63) is 102 Å². The fraction of sp³-hybridized carbons (Fsp3) is 0.0833. The Labute approximate surface area is 183 Å². The van der Waals surface area contributed by atoms with Crippen molar-refractivity contribution in [2.45, 2.75) is 6.92 Å². The van der Waals surface area contributed by atoms with Crippen molar-refractivity contribution >= 4 is 0 Å². The Bertz CT molecular complexity index is 1400. The lowest BCUT2D eigenvalue weighted by molar-refractivity contribution is 0.338. The molecule has 0 aliphatic carbocycles. The molecule has 3 heterocycles. The summed E-state index contributed by atoms with van der Waals surface area (Å²) in [5, 5.41) is 13.3. The van der Waals surface area contributed by atoms with Gasteiger partial charge in [-0.25, -0.2) is 14.0 Å². The zero-order chi connectivity index (χ0) is 21.9. The van der Waals surface area contributed by atoms with Crippen LogP contribution >= 0.6 is 0 Å². The van der Waals surface area contributed by atoms with Crippen LogP contribution in [0.25, 0.3) is 28.5 Å². The molecular formula is C24H20N6O2. The largest absolute Gasteiger partial charge is 0.492 e. The zero-order valence-corrected chi connectivity index (χ0v) is 17.4. The molecule has 2 aromatic carbocycles. The summed E-state index contributed by atoms with van der Waals surface area (Å²) < 4.78 is 11.0. The molecule has 0 aliphatic rings. The molecule has 0 spiro atoms. The number of aromatic nitrogens is 6. The quantitative estimate of drug-likeness (QED) is 0.416. The molecule has 0 radical (unpaired) electrons. The summed E-state index contributed by atoms with van der Waals surface area (Å²) in [6, 6.07) is 20.5. The molecule has 158 valence electrons. The second kappa shape index (κ2) is 8.35. The minimum absolute atomic E-state index is 0.190. The first-order valence-electron chi connectivity index (χ1n) is 10.2. The van der Waals surface area contributed by atoms with Crippen LogP contribution in [0.2, 0.25) is 0 Å². The van der Waals surface area contributed by atoms with Crippen LogP contribution < -0.4 is 10.2 Å². The Morgan fingerprint density at radius 3 is 2.50 bits per heavy atom. The van der Waals surface area contributed by atoms with E-state index in [1.165, 1.54) is 6.07 Å². The van der Waals surface area contributed by atoms with Crippen LogP contribution in [-0.2, 0) is 0 Å². The highest BCUT2D eigenvalue weighted by Gasteiger charge is 2.15. The van der Waals surface area contributed by atoms with E-state index in [9.17, 15) is 4.79 Å². The van der Waals surface area contributed by atoms with E-state index in [0.29, 0.717) is 23.7 Å². The third kappa shape index (κ3) is 3.58. The minimum atomic E-state index is -0.190. The molecule has 0 saturated carbocycles. The third-order valence-electron chi connectivity index (χ3n) is 4.95. The maximum atomic E-state index is 12.7. The normalized spacial score (nSPS) is 10.9. The number of rotatable bonds is 6. The van der Waals surface area contributed by atoms with Crippen LogP contribution in [0, 0.1) is 0 Å². The van der Waals surface area contributed by atoms with E-state index in [2.05, 4.69) is 15.3 Å². The molecule has 0 unspecified atom stereocenters. The minimum Gasteiger partial charge on any atom is -0.492 e. The fourth-order valence-electron chi connectivity index (χ4n) is 3.50. The van der Waals surface area contributed by atoms with Gasteiger partial charge in [0.15, 0.2) is 5.69 Å². The van der Waals surface area contributed by atoms with E-state index in [1.54, 1.807) is 38.7 Å². The van der Waals surface area contributed by atoms with E-state index >= 15 is 0 Å². The van der Waals surface area contributed by atoms with Gasteiger partial charge in [-0.15, -0.1) is 0 Å². The molecule has 0 bridgehead atoms. The maximum absolute atomic E-state index is 12.7. The predicted octanol–water partition coefficient (Wildman–Crippen LogP) is 3.67. The SMILES string of the molecule is CCOc1cc(-n2cccn2)ccc1-n1ccc(=O)c(-c2ccnn2-c2ccccc2)n1. The second-order valence-corrected chi connectivity index (χ2v) is 6.97. The summed E-state index contributed by atoms with van der Waals surface area (Å²) in [7, 11) is 0. The maximum Gasteiger partial charge on any atom is 0.209 e. The second-order valence-electron chi connectivity index (χ2n) is 6.97. The number of benzene rings is 2. The molecule has 8 heteroatoms. The Hall–Kier alpha value is -4.46. The van der Waals surface area contributed by atoms with Crippen molar-refractivity contribution in [2.75, 3.05) is 6.61 Å². The van der Waals surface area contributed by atoms with E-state index < -0.39 is 0 Å². The van der Waals surface area contributed by atoms with Gasteiger partial charge < -0.3 is 4.74 Å². The van der Waals surface area contributed by atoms with E-state index in [-0.39, 0.29) is 5.43 Å². The van der Waals surface area contributed by atoms with Crippen molar-refractivity contribution in [1.29, 1.82) is 0 Å². The van der Waals surface area contributed by atoms with E-state index in [1.807, 2.05) is 67.7 Å². The van der Waals surface area contributed by atoms with Gasteiger partial charge in [0.1, 0.15) is 11.4 Å². The molecule has 0 amide bonds. The van der Waals surface area contributed by atoms with Crippen molar-refractivity contribution < 1.29 is 4.74 Å². The zero-order valence-electron chi connectivity index (χ0n) is 17.4. The summed E-state index contributed by atoms with van der Waals surface area (Å²) in [5.41, 5.74) is 3.15. The topological polar surface area (TPSA) is 79.8 Å². The predicted molar refractivity (Wildman–Crippen MR) is 121 cm³/mol. The average molecular weight is 424 g/mol. The van der Waals surface area contributed by atoms with Gasteiger partial charge in [0.05, 0.1) is 29.9 Å². The summed E-state index contributed by atoms with van der Waals surface area (Å²) in [5.74, 6) is 0.638. The van der Waals surface area contributed by atoms with Gasteiger partial charge in [0.25, 0.3) is 0 Å². The van der Waals surface area contributed by atoms with Crippen molar-refractivity contribution in [1.82, 2.24) is 29.3 Å². The molecule has 0 fully saturated rings. The van der Waals surface area contributed by atoms with Crippen molar-refractivity contribution in [3.63, 3.8) is 0 Å². The number of hydrogen-bond acceptors (Lipinski definition) is 5. The van der Waals surface area contributed by atoms with Crippen molar-refractivity contribution in [2.24, 2.45) is 0 Å². The van der Waals surface area contributed by atoms with Crippen LogP contribution in [0.15, 0.2) is 96.3 Å². The molecule has 8 nitrogen and oxygen atoms in total. The standard InChI is InChI=1S/C24H20N6O2/c1-2-32-23-17-19(28-15-6-13-25-28)9-10-20(23)29-16-12-22(31)24(27-29)21-11-14-26-30(21)18-7-4-3-5-8-18/h3-17H,2H2,1H3. The van der Waals surface area contributed by atoms with Gasteiger partial charge in [-0.1, -0.05) is 18.2 Å². The monoisotopic (exact) mass is 424 g/mol. The van der Waals surface area contributed by atoms with Crippen LogP contribution in [0.4, 0.5) is 0 Å². The Kier molecular flexibility index (Phi) is 5.09. The number of para-hydroxylation sites is 1. The molecule has 3 aromatic heterocycles. The third-order valence-corrected chi connectivity index (χ3v) is 4.95. The van der Waals surface area contributed by atoms with Crippen LogP contribution in [0.3, 0.4) is 0 Å². The highest BCUT2D eigenvalue weighted by molar-refractivity contribution is 5.58. The highest BCUT2D eigenvalue weighted by Crippen LogP contribution is 2.26. The van der Waals surface area contributed by atoms with E-state index in [0.717, 1.165) is 17.1 Å². The Balaban J connectivity index is 1.61. The van der Waals surface area contributed by atoms with Crippen LogP contribution in [0.5, 0.6) is 5.75 Å². The molecule has 0 atom stereocenters. The van der Waals surface area contributed by atoms with Crippen LogP contribution in [0.1, 0.15) is 6.92 Å². The first kappa shape index (κ1) is 19.5. The van der Waals surface area contributed by atoms with Crippen LogP contribution in [-0.4, -0.2) is 35.9 Å². The number of ether oxygens (including phenoxy) is 1. The fourth-order valence-corrected chi connectivity index (χ4v) is 3.50. The Morgan fingerprint density at radius 1 is 0.844 bits per heavy atom. The summed E-state index contributed by atoms with van der Waals surface area (Å²) in [6.45, 7) is 2.41. The van der Waals surface area contributed by atoms with Gasteiger partial charge in [-0.2, -0.15) is 15.3 Å². The van der Waals surface area contributed by atoms with Gasteiger partial charge in [-0.05, 0) is 43.3 Å². The van der Waals surface area contributed by atoms with Crippen molar-refractivity contribution in [3.8, 4) is 34.2 Å². The molecule has 0 aliphatic heterocycles.